The van der Waals surface area contributed by atoms with Crippen molar-refractivity contribution in [1.29, 1.82) is 0 Å². The van der Waals surface area contributed by atoms with Crippen LogP contribution in [0.2, 0.25) is 0 Å². The molecule has 21 heavy (non-hydrogen) atoms. The van der Waals surface area contributed by atoms with Crippen LogP contribution in [-0.4, -0.2) is 11.5 Å². The van der Waals surface area contributed by atoms with E-state index < -0.39 is 0 Å². The van der Waals surface area contributed by atoms with Crippen molar-refractivity contribution in [3.8, 4) is 11.5 Å². The number of rotatable bonds is 6. The summed E-state index contributed by atoms with van der Waals surface area (Å²) in [5.41, 5.74) is 2.21. The van der Waals surface area contributed by atoms with Gasteiger partial charge in [-0.2, -0.15) is 0 Å². The van der Waals surface area contributed by atoms with Gasteiger partial charge >= 0.3 is 0 Å². The van der Waals surface area contributed by atoms with Crippen LogP contribution >= 0.6 is 15.9 Å². The van der Waals surface area contributed by atoms with Crippen LogP contribution in [0.25, 0.3) is 0 Å². The summed E-state index contributed by atoms with van der Waals surface area (Å²) in [5, 5.41) is 3.44. The van der Waals surface area contributed by atoms with Crippen LogP contribution < -0.4 is 10.1 Å². The predicted molar refractivity (Wildman–Crippen MR) is 89.7 cm³/mol. The SMILES string of the molecule is Cc1ccc(Oc2ccc(CNCC(C)C)c(Br)c2)cn1. The van der Waals surface area contributed by atoms with Crippen LogP contribution in [0.5, 0.6) is 11.5 Å². The number of pyridine rings is 1. The molecule has 0 spiro atoms. The van der Waals surface area contributed by atoms with Gasteiger partial charge in [0.05, 0.1) is 6.20 Å². The topological polar surface area (TPSA) is 34.1 Å². The number of hydrogen-bond acceptors (Lipinski definition) is 3. The highest BCUT2D eigenvalue weighted by Crippen LogP contribution is 2.27. The zero-order valence-corrected chi connectivity index (χ0v) is 14.3. The van der Waals surface area contributed by atoms with E-state index in [1.54, 1.807) is 6.20 Å². The van der Waals surface area contributed by atoms with Gasteiger partial charge in [0.2, 0.25) is 0 Å². The Hall–Kier alpha value is -1.39. The summed E-state index contributed by atoms with van der Waals surface area (Å²) in [7, 11) is 0. The fourth-order valence-electron chi connectivity index (χ4n) is 1.88. The Balaban J connectivity index is 1.99. The smallest absolute Gasteiger partial charge is 0.145 e. The van der Waals surface area contributed by atoms with Crippen LogP contribution in [-0.2, 0) is 6.54 Å². The van der Waals surface area contributed by atoms with Crippen molar-refractivity contribution in [3.63, 3.8) is 0 Å². The van der Waals surface area contributed by atoms with Crippen molar-refractivity contribution >= 4 is 15.9 Å². The fraction of sp³-hybridized carbons (Fsp3) is 0.353. The highest BCUT2D eigenvalue weighted by molar-refractivity contribution is 9.10. The van der Waals surface area contributed by atoms with Gasteiger partial charge in [-0.3, -0.25) is 4.98 Å². The Morgan fingerprint density at radius 2 is 1.95 bits per heavy atom. The molecule has 0 fully saturated rings. The van der Waals surface area contributed by atoms with Crippen LogP contribution in [0.1, 0.15) is 25.1 Å². The Labute approximate surface area is 134 Å². The Morgan fingerprint density at radius 3 is 2.57 bits per heavy atom. The molecule has 1 aromatic heterocycles. The Kier molecular flexibility index (Phi) is 5.76. The molecule has 0 amide bonds. The minimum atomic E-state index is 0.653. The lowest BCUT2D eigenvalue weighted by molar-refractivity contribution is 0.479. The number of benzene rings is 1. The third-order valence-electron chi connectivity index (χ3n) is 3.01. The molecule has 0 unspecified atom stereocenters. The molecular weight excluding hydrogens is 328 g/mol. The summed E-state index contributed by atoms with van der Waals surface area (Å²) >= 11 is 3.60. The molecule has 0 aliphatic carbocycles. The Bertz CT molecular complexity index is 582. The predicted octanol–water partition coefficient (Wildman–Crippen LogP) is 4.69. The first-order valence-electron chi connectivity index (χ1n) is 7.14. The van der Waals surface area contributed by atoms with Gasteiger partial charge in [-0.05, 0) is 49.2 Å². The summed E-state index contributed by atoms with van der Waals surface area (Å²) in [5.74, 6) is 2.21. The van der Waals surface area contributed by atoms with E-state index in [9.17, 15) is 0 Å². The molecule has 2 rings (SSSR count). The van der Waals surface area contributed by atoms with Gasteiger partial charge in [0.25, 0.3) is 0 Å². The highest BCUT2D eigenvalue weighted by atomic mass is 79.9. The first-order valence-corrected chi connectivity index (χ1v) is 7.93. The van der Waals surface area contributed by atoms with Crippen LogP contribution in [0.3, 0.4) is 0 Å². The molecule has 2 aromatic rings. The standard InChI is InChI=1S/C17H21BrN2O/c1-12(2)9-19-10-14-5-7-15(8-17(14)18)21-16-6-4-13(3)20-11-16/h4-8,11-12,19H,9-10H2,1-3H3. The number of nitrogens with one attached hydrogen (secondary N) is 1. The van der Waals surface area contributed by atoms with Gasteiger partial charge in [-0.15, -0.1) is 0 Å². The van der Waals surface area contributed by atoms with Crippen molar-refractivity contribution in [2.45, 2.75) is 27.3 Å². The maximum absolute atomic E-state index is 5.80. The van der Waals surface area contributed by atoms with Crippen LogP contribution in [0, 0.1) is 12.8 Å². The lowest BCUT2D eigenvalue weighted by Crippen LogP contribution is -2.19. The van der Waals surface area contributed by atoms with Gasteiger partial charge in [0, 0.05) is 16.7 Å². The number of aromatic nitrogens is 1. The molecule has 0 radical (unpaired) electrons. The molecule has 0 aliphatic rings. The first kappa shape index (κ1) is 16.0. The lowest BCUT2D eigenvalue weighted by Gasteiger charge is -2.11. The van der Waals surface area contributed by atoms with E-state index in [1.165, 1.54) is 5.56 Å². The zero-order valence-electron chi connectivity index (χ0n) is 12.7. The molecule has 0 bridgehead atoms. The molecule has 0 aliphatic heterocycles. The highest BCUT2D eigenvalue weighted by Gasteiger charge is 2.04. The van der Waals surface area contributed by atoms with Gasteiger partial charge in [-0.1, -0.05) is 35.8 Å². The van der Waals surface area contributed by atoms with E-state index in [2.05, 4.69) is 46.1 Å². The summed E-state index contributed by atoms with van der Waals surface area (Å²) in [6, 6.07) is 9.92. The molecule has 112 valence electrons. The second-order valence-corrected chi connectivity index (χ2v) is 6.37. The monoisotopic (exact) mass is 348 g/mol. The van der Waals surface area contributed by atoms with Gasteiger partial charge in [0.15, 0.2) is 0 Å². The molecule has 1 N–H and O–H groups in total. The molecule has 0 saturated heterocycles. The van der Waals surface area contributed by atoms with E-state index in [1.807, 2.05) is 31.2 Å². The summed E-state index contributed by atoms with van der Waals surface area (Å²) in [6.45, 7) is 8.23. The molecule has 3 nitrogen and oxygen atoms in total. The van der Waals surface area contributed by atoms with Crippen LogP contribution in [0.4, 0.5) is 0 Å². The molecule has 0 saturated carbocycles. The van der Waals surface area contributed by atoms with Crippen LogP contribution in [0.15, 0.2) is 41.0 Å². The van der Waals surface area contributed by atoms with Gasteiger partial charge in [0.1, 0.15) is 11.5 Å². The van der Waals surface area contributed by atoms with Gasteiger partial charge in [-0.25, -0.2) is 0 Å². The lowest BCUT2D eigenvalue weighted by atomic mass is 10.2. The van der Waals surface area contributed by atoms with Gasteiger partial charge < -0.3 is 10.1 Å². The molecule has 1 heterocycles. The maximum atomic E-state index is 5.80. The van der Waals surface area contributed by atoms with E-state index in [0.29, 0.717) is 5.92 Å². The normalized spacial score (nSPS) is 10.9. The number of halogens is 1. The van der Waals surface area contributed by atoms with E-state index in [0.717, 1.165) is 34.8 Å². The summed E-state index contributed by atoms with van der Waals surface area (Å²) in [6.07, 6.45) is 1.74. The summed E-state index contributed by atoms with van der Waals surface area (Å²) in [4.78, 5) is 4.23. The number of hydrogen-bond donors (Lipinski definition) is 1. The van der Waals surface area contributed by atoms with Crippen molar-refractivity contribution in [3.05, 3.63) is 52.3 Å². The summed E-state index contributed by atoms with van der Waals surface area (Å²) < 4.78 is 6.85. The van der Waals surface area contributed by atoms with Crippen molar-refractivity contribution < 1.29 is 4.74 Å². The zero-order chi connectivity index (χ0) is 15.2. The molecule has 0 atom stereocenters. The molecule has 1 aromatic carbocycles. The van der Waals surface area contributed by atoms with E-state index in [4.69, 9.17) is 4.74 Å². The third kappa shape index (κ3) is 5.14. The van der Waals surface area contributed by atoms with Crippen molar-refractivity contribution in [2.24, 2.45) is 5.92 Å². The average Bonchev–Trinajstić information content (AvgIpc) is 2.43. The quantitative estimate of drug-likeness (QED) is 0.822. The maximum Gasteiger partial charge on any atom is 0.145 e. The first-order chi connectivity index (χ1) is 10.0. The largest absolute Gasteiger partial charge is 0.456 e. The van der Waals surface area contributed by atoms with E-state index in [-0.39, 0.29) is 0 Å². The number of ether oxygens (including phenoxy) is 1. The average molecular weight is 349 g/mol. The van der Waals surface area contributed by atoms with Crippen molar-refractivity contribution in [2.75, 3.05) is 6.54 Å². The Morgan fingerprint density at radius 1 is 1.19 bits per heavy atom. The fourth-order valence-corrected chi connectivity index (χ4v) is 2.38. The van der Waals surface area contributed by atoms with Crippen molar-refractivity contribution in [1.82, 2.24) is 10.3 Å². The number of aryl methyl sites for hydroxylation is 1. The molecule has 4 heteroatoms. The number of nitrogens with zero attached hydrogens (tertiary/aromatic N) is 1. The minimum Gasteiger partial charge on any atom is -0.456 e. The second-order valence-electron chi connectivity index (χ2n) is 5.52. The molecular formula is C17H21BrN2O. The minimum absolute atomic E-state index is 0.653. The third-order valence-corrected chi connectivity index (χ3v) is 3.75. The second kappa shape index (κ2) is 7.57. The van der Waals surface area contributed by atoms with E-state index >= 15 is 0 Å².